The molecule has 0 bridgehead atoms. The third kappa shape index (κ3) is 4.85. The Bertz CT molecular complexity index is 338. The summed E-state index contributed by atoms with van der Waals surface area (Å²) in [6.45, 7) is 4.93. The number of ether oxygens (including phenoxy) is 1. The van der Waals surface area contributed by atoms with Crippen molar-refractivity contribution < 1.29 is 27.9 Å². The fourth-order valence-corrected chi connectivity index (χ4v) is 1.63. The number of amides is 1. The first-order chi connectivity index (χ1) is 8.09. The van der Waals surface area contributed by atoms with E-state index in [0.717, 1.165) is 0 Å². The van der Waals surface area contributed by atoms with E-state index in [1.165, 1.54) is 0 Å². The Morgan fingerprint density at radius 1 is 1.33 bits per heavy atom. The first-order valence-electron chi connectivity index (χ1n) is 5.66. The standard InChI is InChI=1S/C11H17F2NO4/c1-10(2,3)17-9(16)14-18-8(15)7-4-5-11(12,13)6-7/h7H,4-6H2,1-3H3,(H,14,16). The molecule has 1 N–H and O–H groups in total. The lowest BCUT2D eigenvalue weighted by atomic mass is 10.1. The van der Waals surface area contributed by atoms with Gasteiger partial charge in [-0.05, 0) is 27.2 Å². The number of alkyl halides is 2. The van der Waals surface area contributed by atoms with Gasteiger partial charge in [-0.15, -0.1) is 5.48 Å². The molecule has 1 aliphatic carbocycles. The van der Waals surface area contributed by atoms with Gasteiger partial charge >= 0.3 is 12.1 Å². The Hall–Kier alpha value is -1.40. The molecule has 1 amide bonds. The van der Waals surface area contributed by atoms with Gasteiger partial charge in [-0.1, -0.05) is 0 Å². The van der Waals surface area contributed by atoms with Crippen molar-refractivity contribution in [1.82, 2.24) is 5.48 Å². The molecule has 1 saturated carbocycles. The van der Waals surface area contributed by atoms with Gasteiger partial charge < -0.3 is 9.57 Å². The molecule has 0 aromatic carbocycles. The lowest BCUT2D eigenvalue weighted by Gasteiger charge is -2.19. The van der Waals surface area contributed by atoms with Crippen LogP contribution in [-0.2, 0) is 14.4 Å². The van der Waals surface area contributed by atoms with Crippen molar-refractivity contribution >= 4 is 12.1 Å². The Balaban J connectivity index is 2.32. The molecule has 5 nitrogen and oxygen atoms in total. The molecular weight excluding hydrogens is 248 g/mol. The quantitative estimate of drug-likeness (QED) is 0.739. The SMILES string of the molecule is CC(C)(C)OC(=O)NOC(=O)C1CCC(F)(F)C1. The van der Waals surface area contributed by atoms with E-state index in [2.05, 4.69) is 4.84 Å². The van der Waals surface area contributed by atoms with Crippen LogP contribution in [0.25, 0.3) is 0 Å². The normalized spacial score (nSPS) is 22.4. The highest BCUT2D eigenvalue weighted by molar-refractivity contribution is 5.75. The van der Waals surface area contributed by atoms with Crippen molar-refractivity contribution in [3.8, 4) is 0 Å². The van der Waals surface area contributed by atoms with E-state index in [-0.39, 0.29) is 12.8 Å². The largest absolute Gasteiger partial charge is 0.442 e. The summed E-state index contributed by atoms with van der Waals surface area (Å²) in [7, 11) is 0. The summed E-state index contributed by atoms with van der Waals surface area (Å²) in [6.07, 6.45) is -1.75. The monoisotopic (exact) mass is 265 g/mol. The minimum Gasteiger partial charge on any atom is -0.442 e. The van der Waals surface area contributed by atoms with Crippen molar-refractivity contribution in [3.05, 3.63) is 0 Å². The third-order valence-electron chi connectivity index (χ3n) is 2.37. The van der Waals surface area contributed by atoms with Gasteiger partial charge in [-0.25, -0.2) is 18.4 Å². The summed E-state index contributed by atoms with van der Waals surface area (Å²) in [6, 6.07) is 0. The fourth-order valence-electron chi connectivity index (χ4n) is 1.63. The van der Waals surface area contributed by atoms with Crippen LogP contribution in [0.5, 0.6) is 0 Å². The van der Waals surface area contributed by atoms with E-state index >= 15 is 0 Å². The molecule has 1 fully saturated rings. The number of halogens is 2. The number of nitrogens with one attached hydrogen (secondary N) is 1. The second kappa shape index (κ2) is 5.07. The van der Waals surface area contributed by atoms with Crippen LogP contribution in [0, 0.1) is 5.92 Å². The van der Waals surface area contributed by atoms with Crippen LogP contribution >= 0.6 is 0 Å². The predicted octanol–water partition coefficient (Wildman–Crippen LogP) is 2.40. The van der Waals surface area contributed by atoms with Gasteiger partial charge in [0.2, 0.25) is 5.92 Å². The smallest absolute Gasteiger partial charge is 0.441 e. The highest BCUT2D eigenvalue weighted by atomic mass is 19.3. The van der Waals surface area contributed by atoms with E-state index in [9.17, 15) is 18.4 Å². The number of hydrogen-bond acceptors (Lipinski definition) is 4. The topological polar surface area (TPSA) is 64.6 Å². The highest BCUT2D eigenvalue weighted by Gasteiger charge is 2.43. The van der Waals surface area contributed by atoms with E-state index < -0.39 is 35.9 Å². The molecular formula is C11H17F2NO4. The van der Waals surface area contributed by atoms with E-state index in [1.807, 2.05) is 0 Å². The number of hydrogen-bond donors (Lipinski definition) is 1. The van der Waals surface area contributed by atoms with E-state index in [4.69, 9.17) is 4.74 Å². The molecule has 0 aromatic heterocycles. The molecule has 104 valence electrons. The van der Waals surface area contributed by atoms with Crippen molar-refractivity contribution in [3.63, 3.8) is 0 Å². The van der Waals surface area contributed by atoms with Gasteiger partial charge in [0.05, 0.1) is 5.92 Å². The zero-order valence-electron chi connectivity index (χ0n) is 10.6. The van der Waals surface area contributed by atoms with Gasteiger partial charge in [-0.2, -0.15) is 0 Å². The van der Waals surface area contributed by atoms with Crippen LogP contribution < -0.4 is 5.48 Å². The van der Waals surface area contributed by atoms with Crippen LogP contribution in [0.1, 0.15) is 40.0 Å². The summed E-state index contributed by atoms with van der Waals surface area (Å²) in [4.78, 5) is 27.0. The Morgan fingerprint density at radius 3 is 2.39 bits per heavy atom. The first kappa shape index (κ1) is 14.7. The summed E-state index contributed by atoms with van der Waals surface area (Å²) in [5, 5.41) is 0. The van der Waals surface area contributed by atoms with Gasteiger partial charge in [-0.3, -0.25) is 0 Å². The first-order valence-corrected chi connectivity index (χ1v) is 5.66. The maximum Gasteiger partial charge on any atom is 0.441 e. The van der Waals surface area contributed by atoms with Crippen molar-refractivity contribution in [1.29, 1.82) is 0 Å². The van der Waals surface area contributed by atoms with Gasteiger partial charge in [0.15, 0.2) is 0 Å². The number of hydroxylamine groups is 1. The van der Waals surface area contributed by atoms with E-state index in [1.54, 1.807) is 26.3 Å². The lowest BCUT2D eigenvalue weighted by molar-refractivity contribution is -0.156. The molecule has 7 heteroatoms. The van der Waals surface area contributed by atoms with Crippen LogP contribution in [0.15, 0.2) is 0 Å². The van der Waals surface area contributed by atoms with Crippen molar-refractivity contribution in [2.75, 3.05) is 0 Å². The van der Waals surface area contributed by atoms with Crippen LogP contribution in [0.3, 0.4) is 0 Å². The van der Waals surface area contributed by atoms with Crippen LogP contribution in [0.4, 0.5) is 13.6 Å². The molecule has 0 radical (unpaired) electrons. The zero-order valence-corrected chi connectivity index (χ0v) is 10.6. The minimum atomic E-state index is -2.82. The second-order valence-electron chi connectivity index (χ2n) is 5.32. The summed E-state index contributed by atoms with van der Waals surface area (Å²) >= 11 is 0. The van der Waals surface area contributed by atoms with Crippen molar-refractivity contribution in [2.45, 2.75) is 51.6 Å². The molecule has 1 unspecified atom stereocenters. The minimum absolute atomic E-state index is 0.0574. The third-order valence-corrected chi connectivity index (χ3v) is 2.37. The van der Waals surface area contributed by atoms with Gasteiger partial charge in [0.25, 0.3) is 0 Å². The van der Waals surface area contributed by atoms with Gasteiger partial charge in [0.1, 0.15) is 5.60 Å². The zero-order chi connectivity index (χ0) is 14.0. The van der Waals surface area contributed by atoms with Crippen molar-refractivity contribution in [2.24, 2.45) is 5.92 Å². The summed E-state index contributed by atoms with van der Waals surface area (Å²) < 4.78 is 30.5. The average Bonchev–Trinajstić information content (AvgIpc) is 2.52. The highest BCUT2D eigenvalue weighted by Crippen LogP contribution is 2.39. The average molecular weight is 265 g/mol. The molecule has 0 heterocycles. The fraction of sp³-hybridized carbons (Fsp3) is 0.818. The Morgan fingerprint density at radius 2 is 1.94 bits per heavy atom. The van der Waals surface area contributed by atoms with E-state index in [0.29, 0.717) is 0 Å². The molecule has 0 aliphatic heterocycles. The van der Waals surface area contributed by atoms with Crippen LogP contribution in [-0.4, -0.2) is 23.6 Å². The summed E-state index contributed by atoms with van der Waals surface area (Å²) in [5.74, 6) is -4.57. The predicted molar refractivity (Wildman–Crippen MR) is 57.7 cm³/mol. The molecule has 0 spiro atoms. The molecule has 18 heavy (non-hydrogen) atoms. The second-order valence-corrected chi connectivity index (χ2v) is 5.32. The number of rotatable bonds is 1. The molecule has 0 saturated heterocycles. The Labute approximate surface area is 104 Å². The van der Waals surface area contributed by atoms with Crippen LogP contribution in [0.2, 0.25) is 0 Å². The molecule has 1 atom stereocenters. The molecule has 0 aromatic rings. The lowest BCUT2D eigenvalue weighted by Crippen LogP contribution is -2.35. The summed E-state index contributed by atoms with van der Waals surface area (Å²) in [5.41, 5.74) is 1.06. The number of carbonyl (C=O) groups excluding carboxylic acids is 2. The molecule has 1 rings (SSSR count). The number of carbonyl (C=O) groups is 2. The molecule has 1 aliphatic rings. The maximum absolute atomic E-state index is 12.9. The maximum atomic E-state index is 12.9. The van der Waals surface area contributed by atoms with Gasteiger partial charge in [0, 0.05) is 12.8 Å². The Kier molecular flexibility index (Phi) is 4.13.